The normalized spacial score (nSPS) is 10.0. The smallest absolute Gasteiger partial charge is 0.235 e. The van der Waals surface area contributed by atoms with Crippen LogP contribution in [-0.2, 0) is 4.79 Å². The molecule has 15 heavy (non-hydrogen) atoms. The molecule has 1 heterocycles. The number of amides is 1. The van der Waals surface area contributed by atoms with Crippen LogP contribution in [0.2, 0.25) is 0 Å². The quantitative estimate of drug-likeness (QED) is 0.734. The van der Waals surface area contributed by atoms with Crippen molar-refractivity contribution in [2.24, 2.45) is 5.73 Å². The van der Waals surface area contributed by atoms with E-state index in [1.165, 1.54) is 11.8 Å². The number of carbonyl (C=O) groups is 1. The summed E-state index contributed by atoms with van der Waals surface area (Å²) in [5.41, 5.74) is 6.39. The molecule has 5 heteroatoms. The van der Waals surface area contributed by atoms with Crippen molar-refractivity contribution in [3.63, 3.8) is 0 Å². The van der Waals surface area contributed by atoms with Crippen LogP contribution in [0.5, 0.6) is 0 Å². The molecule has 0 aliphatic heterocycles. The number of hydrogen-bond acceptors (Lipinski definition) is 4. The van der Waals surface area contributed by atoms with Gasteiger partial charge in [0.15, 0.2) is 0 Å². The fourth-order valence-corrected chi connectivity index (χ4v) is 1.54. The highest BCUT2D eigenvalue weighted by atomic mass is 32.2. The van der Waals surface area contributed by atoms with Gasteiger partial charge in [0.05, 0.1) is 5.75 Å². The molecule has 0 saturated carbocycles. The maximum Gasteiger partial charge on any atom is 0.235 e. The average molecular weight is 225 g/mol. The Labute approximate surface area is 93.7 Å². The van der Waals surface area contributed by atoms with Gasteiger partial charge in [-0.05, 0) is 18.6 Å². The Hall–Kier alpha value is -1.07. The molecule has 1 rings (SSSR count). The number of nitrogens with zero attached hydrogens (tertiary/aromatic N) is 1. The first-order chi connectivity index (χ1) is 7.22. The van der Waals surface area contributed by atoms with E-state index in [1.54, 1.807) is 12.3 Å². The summed E-state index contributed by atoms with van der Waals surface area (Å²) in [6.45, 7) is 2.55. The Morgan fingerprint density at radius 3 is 3.00 bits per heavy atom. The van der Waals surface area contributed by atoms with E-state index >= 15 is 0 Å². The summed E-state index contributed by atoms with van der Waals surface area (Å²) >= 11 is 1.52. The molecule has 3 N–H and O–H groups in total. The van der Waals surface area contributed by atoms with Gasteiger partial charge in [0.25, 0.3) is 0 Å². The maximum atomic E-state index is 11.4. The van der Waals surface area contributed by atoms with Crippen molar-refractivity contribution in [1.82, 2.24) is 4.98 Å². The standard InChI is InChI=1S/C10H15N3OS/c1-8-2-3-9(12-6-8)13-10(14)7-15-5-4-11/h2-3,6H,4-5,7,11H2,1H3,(H,12,13,14). The number of carbonyl (C=O) groups excluding carboxylic acids is 1. The second kappa shape index (κ2) is 6.42. The lowest BCUT2D eigenvalue weighted by atomic mass is 10.3. The summed E-state index contributed by atoms with van der Waals surface area (Å²) in [6.07, 6.45) is 1.72. The van der Waals surface area contributed by atoms with Crippen molar-refractivity contribution in [3.8, 4) is 0 Å². The van der Waals surface area contributed by atoms with E-state index in [0.717, 1.165) is 11.3 Å². The zero-order valence-electron chi connectivity index (χ0n) is 8.69. The second-order valence-electron chi connectivity index (χ2n) is 3.11. The van der Waals surface area contributed by atoms with E-state index in [-0.39, 0.29) is 5.91 Å². The highest BCUT2D eigenvalue weighted by molar-refractivity contribution is 7.99. The molecule has 0 unspecified atom stereocenters. The fraction of sp³-hybridized carbons (Fsp3) is 0.400. The van der Waals surface area contributed by atoms with Crippen LogP contribution in [0.25, 0.3) is 0 Å². The third kappa shape index (κ3) is 4.80. The predicted molar refractivity (Wildman–Crippen MR) is 64.0 cm³/mol. The molecular weight excluding hydrogens is 210 g/mol. The van der Waals surface area contributed by atoms with Crippen molar-refractivity contribution in [3.05, 3.63) is 23.9 Å². The van der Waals surface area contributed by atoms with Gasteiger partial charge in [-0.1, -0.05) is 6.07 Å². The van der Waals surface area contributed by atoms with Crippen LogP contribution in [0.15, 0.2) is 18.3 Å². The Kier molecular flexibility index (Phi) is 5.14. The van der Waals surface area contributed by atoms with E-state index in [9.17, 15) is 4.79 Å². The van der Waals surface area contributed by atoms with E-state index in [2.05, 4.69) is 10.3 Å². The monoisotopic (exact) mass is 225 g/mol. The van der Waals surface area contributed by atoms with Gasteiger partial charge in [-0.3, -0.25) is 4.79 Å². The number of nitrogens with one attached hydrogen (secondary N) is 1. The van der Waals surface area contributed by atoms with E-state index < -0.39 is 0 Å². The molecule has 1 amide bonds. The molecule has 82 valence electrons. The second-order valence-corrected chi connectivity index (χ2v) is 4.22. The predicted octanol–water partition coefficient (Wildman–Crippen LogP) is 1.02. The minimum Gasteiger partial charge on any atom is -0.330 e. The minimum absolute atomic E-state index is 0.0372. The number of rotatable bonds is 5. The topological polar surface area (TPSA) is 68.0 Å². The minimum atomic E-state index is -0.0372. The number of pyridine rings is 1. The Balaban J connectivity index is 2.34. The lowest BCUT2D eigenvalue weighted by molar-refractivity contribution is -0.113. The average Bonchev–Trinajstić information content (AvgIpc) is 2.22. The SMILES string of the molecule is Cc1ccc(NC(=O)CSCCN)nc1. The molecule has 1 aromatic rings. The first kappa shape index (κ1) is 12.0. The summed E-state index contributed by atoms with van der Waals surface area (Å²) in [5, 5.41) is 2.72. The third-order valence-electron chi connectivity index (χ3n) is 1.67. The number of aromatic nitrogens is 1. The molecule has 0 saturated heterocycles. The van der Waals surface area contributed by atoms with Crippen molar-refractivity contribution in [2.45, 2.75) is 6.92 Å². The number of nitrogens with two attached hydrogens (primary N) is 1. The highest BCUT2D eigenvalue weighted by Gasteiger charge is 2.02. The molecule has 0 fully saturated rings. The summed E-state index contributed by atoms with van der Waals surface area (Å²) in [4.78, 5) is 15.4. The number of anilines is 1. The molecule has 0 aliphatic carbocycles. The number of aryl methyl sites for hydroxylation is 1. The largest absolute Gasteiger partial charge is 0.330 e. The lowest BCUT2D eigenvalue weighted by Gasteiger charge is -2.03. The lowest BCUT2D eigenvalue weighted by Crippen LogP contribution is -2.16. The third-order valence-corrected chi connectivity index (χ3v) is 2.66. The van der Waals surface area contributed by atoms with Crippen LogP contribution >= 0.6 is 11.8 Å². The van der Waals surface area contributed by atoms with Crippen LogP contribution in [-0.4, -0.2) is 28.9 Å². The van der Waals surface area contributed by atoms with Crippen molar-refractivity contribution < 1.29 is 4.79 Å². The van der Waals surface area contributed by atoms with Gasteiger partial charge < -0.3 is 11.1 Å². The molecule has 0 atom stereocenters. The number of hydrogen-bond donors (Lipinski definition) is 2. The Bertz CT molecular complexity index is 313. The molecule has 4 nitrogen and oxygen atoms in total. The van der Waals surface area contributed by atoms with Crippen LogP contribution < -0.4 is 11.1 Å². The van der Waals surface area contributed by atoms with Crippen molar-refractivity contribution in [1.29, 1.82) is 0 Å². The van der Waals surface area contributed by atoms with Crippen LogP contribution in [0.1, 0.15) is 5.56 Å². The van der Waals surface area contributed by atoms with Gasteiger partial charge in [-0.25, -0.2) is 4.98 Å². The summed E-state index contributed by atoms with van der Waals surface area (Å²) < 4.78 is 0. The van der Waals surface area contributed by atoms with Gasteiger partial charge >= 0.3 is 0 Å². The Morgan fingerprint density at radius 1 is 1.60 bits per heavy atom. The molecule has 1 aromatic heterocycles. The highest BCUT2D eigenvalue weighted by Crippen LogP contribution is 2.05. The molecule has 0 bridgehead atoms. The van der Waals surface area contributed by atoms with E-state index in [0.29, 0.717) is 18.1 Å². The molecule has 0 aliphatic rings. The van der Waals surface area contributed by atoms with Crippen molar-refractivity contribution >= 4 is 23.5 Å². The van der Waals surface area contributed by atoms with Gasteiger partial charge in [-0.2, -0.15) is 11.8 Å². The van der Waals surface area contributed by atoms with Crippen LogP contribution in [0, 0.1) is 6.92 Å². The van der Waals surface area contributed by atoms with Crippen LogP contribution in [0.4, 0.5) is 5.82 Å². The summed E-state index contributed by atoms with van der Waals surface area (Å²) in [6, 6.07) is 3.70. The fourth-order valence-electron chi connectivity index (χ4n) is 0.969. The van der Waals surface area contributed by atoms with E-state index in [4.69, 9.17) is 5.73 Å². The van der Waals surface area contributed by atoms with Gasteiger partial charge in [0.2, 0.25) is 5.91 Å². The van der Waals surface area contributed by atoms with Gasteiger partial charge in [0, 0.05) is 18.5 Å². The van der Waals surface area contributed by atoms with Crippen LogP contribution in [0.3, 0.4) is 0 Å². The number of thioether (sulfide) groups is 1. The molecular formula is C10H15N3OS. The maximum absolute atomic E-state index is 11.4. The Morgan fingerprint density at radius 2 is 2.40 bits per heavy atom. The molecule has 0 radical (unpaired) electrons. The summed E-state index contributed by atoms with van der Waals surface area (Å²) in [7, 11) is 0. The molecule has 0 aromatic carbocycles. The van der Waals surface area contributed by atoms with Gasteiger partial charge in [0.1, 0.15) is 5.82 Å². The molecule has 0 spiro atoms. The first-order valence-electron chi connectivity index (χ1n) is 4.72. The zero-order chi connectivity index (χ0) is 11.1. The van der Waals surface area contributed by atoms with Crippen molar-refractivity contribution in [2.75, 3.05) is 23.4 Å². The zero-order valence-corrected chi connectivity index (χ0v) is 9.51. The first-order valence-corrected chi connectivity index (χ1v) is 5.88. The van der Waals surface area contributed by atoms with E-state index in [1.807, 2.05) is 13.0 Å². The van der Waals surface area contributed by atoms with Gasteiger partial charge in [-0.15, -0.1) is 0 Å². The summed E-state index contributed by atoms with van der Waals surface area (Å²) in [5.74, 6) is 1.78.